The third kappa shape index (κ3) is 3.40. The summed E-state index contributed by atoms with van der Waals surface area (Å²) in [5, 5.41) is 1.43. The van der Waals surface area contributed by atoms with Crippen LogP contribution in [0.2, 0.25) is 5.02 Å². The summed E-state index contributed by atoms with van der Waals surface area (Å²) < 4.78 is 2.11. The van der Waals surface area contributed by atoms with Gasteiger partial charge in [-0.3, -0.25) is 4.79 Å². The molecule has 0 atom stereocenters. The van der Waals surface area contributed by atoms with Gasteiger partial charge in [0.1, 0.15) is 5.82 Å². The lowest BCUT2D eigenvalue weighted by Crippen LogP contribution is -2.44. The van der Waals surface area contributed by atoms with Gasteiger partial charge in [-0.1, -0.05) is 11.6 Å². The molecule has 0 unspecified atom stereocenters. The smallest absolute Gasteiger partial charge is 0.150 e. The topological polar surface area (TPSA) is 41.4 Å². The molecule has 1 aliphatic rings. The van der Waals surface area contributed by atoms with E-state index in [1.165, 1.54) is 0 Å². The number of fused-ring (bicyclic) bond motifs is 1. The van der Waals surface area contributed by atoms with Crippen LogP contribution in [0.5, 0.6) is 0 Å². The Bertz CT molecular complexity index is 1000. The molecule has 5 nitrogen and oxygen atoms in total. The van der Waals surface area contributed by atoms with Crippen molar-refractivity contribution in [3.8, 4) is 11.1 Å². The van der Waals surface area contributed by atoms with Crippen LogP contribution >= 0.6 is 11.6 Å². The maximum atomic E-state index is 11.7. The monoisotopic (exact) mass is 396 g/mol. The SMILES string of the molecule is CC(C)n1cc(Cl)c2c(C=O)cc(-c3ccc(N4CCN(C)CC4)nc3)cc21. The molecule has 0 bridgehead atoms. The highest BCUT2D eigenvalue weighted by Gasteiger charge is 2.17. The molecule has 146 valence electrons. The zero-order valence-electron chi connectivity index (χ0n) is 16.5. The molecule has 0 N–H and O–H groups in total. The van der Waals surface area contributed by atoms with Gasteiger partial charge in [-0.2, -0.15) is 0 Å². The predicted molar refractivity (Wildman–Crippen MR) is 116 cm³/mol. The summed E-state index contributed by atoms with van der Waals surface area (Å²) in [6.45, 7) is 8.30. The maximum Gasteiger partial charge on any atom is 0.150 e. The lowest BCUT2D eigenvalue weighted by atomic mass is 10.0. The van der Waals surface area contributed by atoms with Crippen molar-refractivity contribution in [1.29, 1.82) is 0 Å². The first-order valence-corrected chi connectivity index (χ1v) is 10.0. The quantitative estimate of drug-likeness (QED) is 0.609. The van der Waals surface area contributed by atoms with Crippen LogP contribution in [0.15, 0.2) is 36.7 Å². The summed E-state index contributed by atoms with van der Waals surface area (Å²) in [7, 11) is 2.15. The summed E-state index contributed by atoms with van der Waals surface area (Å²) in [6, 6.07) is 8.40. The van der Waals surface area contributed by atoms with E-state index in [2.05, 4.69) is 58.4 Å². The molecule has 1 aromatic carbocycles. The van der Waals surface area contributed by atoms with Crippen LogP contribution in [0.1, 0.15) is 30.2 Å². The molecule has 0 aliphatic carbocycles. The summed E-state index contributed by atoms with van der Waals surface area (Å²) in [6.07, 6.45) is 4.68. The number of anilines is 1. The fourth-order valence-electron chi connectivity index (χ4n) is 3.84. The number of benzene rings is 1. The number of halogens is 1. The zero-order chi connectivity index (χ0) is 19.8. The minimum Gasteiger partial charge on any atom is -0.354 e. The molecule has 28 heavy (non-hydrogen) atoms. The van der Waals surface area contributed by atoms with Crippen molar-refractivity contribution in [3.05, 3.63) is 47.2 Å². The molecular formula is C22H25ClN4O. The number of hydrogen-bond donors (Lipinski definition) is 0. The Kier molecular flexibility index (Phi) is 5.13. The van der Waals surface area contributed by atoms with E-state index in [0.29, 0.717) is 10.6 Å². The van der Waals surface area contributed by atoms with Crippen molar-refractivity contribution < 1.29 is 4.79 Å². The number of aromatic nitrogens is 2. The van der Waals surface area contributed by atoms with E-state index in [9.17, 15) is 4.79 Å². The normalized spacial score (nSPS) is 15.5. The predicted octanol–water partition coefficient (Wildman–Crippen LogP) is 4.50. The van der Waals surface area contributed by atoms with Crippen LogP contribution in [0.25, 0.3) is 22.0 Å². The second kappa shape index (κ2) is 7.57. The van der Waals surface area contributed by atoms with Crippen molar-refractivity contribution >= 4 is 34.6 Å². The Morgan fingerprint density at radius 1 is 1.11 bits per heavy atom. The van der Waals surface area contributed by atoms with Gasteiger partial charge < -0.3 is 14.4 Å². The van der Waals surface area contributed by atoms with Crippen molar-refractivity contribution in [2.45, 2.75) is 19.9 Å². The van der Waals surface area contributed by atoms with Crippen LogP contribution in [0.3, 0.4) is 0 Å². The summed E-state index contributed by atoms with van der Waals surface area (Å²) in [5.41, 5.74) is 3.56. The van der Waals surface area contributed by atoms with E-state index in [1.54, 1.807) is 0 Å². The van der Waals surface area contributed by atoms with Gasteiger partial charge in [-0.05, 0) is 50.7 Å². The highest BCUT2D eigenvalue weighted by atomic mass is 35.5. The number of rotatable bonds is 4. The Morgan fingerprint density at radius 3 is 2.46 bits per heavy atom. The van der Waals surface area contributed by atoms with Crippen molar-refractivity contribution in [3.63, 3.8) is 0 Å². The Labute approximate surface area is 170 Å². The van der Waals surface area contributed by atoms with Gasteiger partial charge in [-0.25, -0.2) is 4.98 Å². The van der Waals surface area contributed by atoms with Crippen LogP contribution in [0.4, 0.5) is 5.82 Å². The molecule has 0 amide bonds. The lowest BCUT2D eigenvalue weighted by Gasteiger charge is -2.33. The third-order valence-electron chi connectivity index (χ3n) is 5.51. The summed E-state index contributed by atoms with van der Waals surface area (Å²) in [5.74, 6) is 1.00. The summed E-state index contributed by atoms with van der Waals surface area (Å²) in [4.78, 5) is 21.1. The first-order valence-electron chi connectivity index (χ1n) is 9.67. The lowest BCUT2D eigenvalue weighted by molar-refractivity contribution is 0.112. The molecule has 0 saturated carbocycles. The van der Waals surface area contributed by atoms with Gasteiger partial charge in [-0.15, -0.1) is 0 Å². The minimum absolute atomic E-state index is 0.252. The summed E-state index contributed by atoms with van der Waals surface area (Å²) >= 11 is 6.42. The van der Waals surface area contributed by atoms with E-state index >= 15 is 0 Å². The van der Waals surface area contributed by atoms with Crippen molar-refractivity contribution in [1.82, 2.24) is 14.5 Å². The molecular weight excluding hydrogens is 372 g/mol. The van der Waals surface area contributed by atoms with Gasteiger partial charge in [0, 0.05) is 61.1 Å². The molecule has 1 aliphatic heterocycles. The average molecular weight is 397 g/mol. The number of carbonyl (C=O) groups is 1. The molecule has 1 saturated heterocycles. The highest BCUT2D eigenvalue weighted by Crippen LogP contribution is 2.34. The fourth-order valence-corrected chi connectivity index (χ4v) is 4.15. The zero-order valence-corrected chi connectivity index (χ0v) is 17.3. The number of pyridine rings is 1. The highest BCUT2D eigenvalue weighted by molar-refractivity contribution is 6.36. The van der Waals surface area contributed by atoms with Gasteiger partial charge in [0.15, 0.2) is 6.29 Å². The Balaban J connectivity index is 1.72. The number of aldehydes is 1. The largest absolute Gasteiger partial charge is 0.354 e. The second-order valence-corrected chi connectivity index (χ2v) is 8.16. The Morgan fingerprint density at radius 2 is 1.86 bits per heavy atom. The number of likely N-dealkylation sites (N-methyl/N-ethyl adjacent to an activating group) is 1. The van der Waals surface area contributed by atoms with E-state index in [1.807, 2.05) is 18.5 Å². The standard InChI is InChI=1S/C22H25ClN4O/c1-15(2)27-13-19(23)22-18(14-28)10-17(11-20(22)27)16-4-5-21(24-12-16)26-8-6-25(3)7-9-26/h4-5,10-15H,6-9H2,1-3H3. The molecule has 3 heterocycles. The molecule has 0 spiro atoms. The van der Waals surface area contributed by atoms with Gasteiger partial charge >= 0.3 is 0 Å². The number of nitrogens with zero attached hydrogens (tertiary/aromatic N) is 4. The first-order chi connectivity index (χ1) is 13.5. The van der Waals surface area contributed by atoms with Crippen LogP contribution in [-0.2, 0) is 0 Å². The van der Waals surface area contributed by atoms with Crippen molar-refractivity contribution in [2.75, 3.05) is 38.1 Å². The van der Waals surface area contributed by atoms with Crippen LogP contribution in [-0.4, -0.2) is 54.0 Å². The van der Waals surface area contributed by atoms with Gasteiger partial charge in [0.25, 0.3) is 0 Å². The third-order valence-corrected chi connectivity index (χ3v) is 5.80. The minimum atomic E-state index is 0.252. The molecule has 0 radical (unpaired) electrons. The molecule has 4 rings (SSSR count). The second-order valence-electron chi connectivity index (χ2n) is 7.75. The van der Waals surface area contributed by atoms with Gasteiger partial charge in [0.2, 0.25) is 0 Å². The van der Waals surface area contributed by atoms with Crippen LogP contribution in [0, 0.1) is 0 Å². The Hall–Kier alpha value is -2.37. The molecule has 3 aromatic rings. The molecule has 1 fully saturated rings. The number of piperazine rings is 1. The average Bonchev–Trinajstić information content (AvgIpc) is 3.05. The van der Waals surface area contributed by atoms with E-state index in [4.69, 9.17) is 11.6 Å². The maximum absolute atomic E-state index is 11.7. The van der Waals surface area contributed by atoms with Crippen molar-refractivity contribution in [2.24, 2.45) is 0 Å². The first kappa shape index (κ1) is 19.0. The number of carbonyl (C=O) groups excluding carboxylic acids is 1. The van der Waals surface area contributed by atoms with Gasteiger partial charge in [0.05, 0.1) is 10.5 Å². The van der Waals surface area contributed by atoms with E-state index in [0.717, 1.165) is 60.3 Å². The van der Waals surface area contributed by atoms with E-state index in [-0.39, 0.29) is 6.04 Å². The van der Waals surface area contributed by atoms with E-state index < -0.39 is 0 Å². The molecule has 2 aromatic heterocycles. The number of hydrogen-bond acceptors (Lipinski definition) is 4. The van der Waals surface area contributed by atoms with Crippen LogP contribution < -0.4 is 4.90 Å². The molecule has 6 heteroatoms. The fraction of sp³-hybridized carbons (Fsp3) is 0.364.